The average Bonchev–Trinajstić information content (AvgIpc) is 2.47. The summed E-state index contributed by atoms with van der Waals surface area (Å²) >= 11 is 2.06. The van der Waals surface area contributed by atoms with Crippen molar-refractivity contribution in [3.63, 3.8) is 0 Å². The van der Waals surface area contributed by atoms with E-state index >= 15 is 0 Å². The third-order valence-electron chi connectivity index (χ3n) is 4.14. The number of nitrogens with zero attached hydrogens (tertiary/aromatic N) is 3. The van der Waals surface area contributed by atoms with Crippen molar-refractivity contribution in [2.45, 2.75) is 58.2 Å². The minimum atomic E-state index is 0.414. The van der Waals surface area contributed by atoms with E-state index in [9.17, 15) is 0 Å². The van der Waals surface area contributed by atoms with Gasteiger partial charge in [0.25, 0.3) is 0 Å². The van der Waals surface area contributed by atoms with E-state index in [1.807, 2.05) is 0 Å². The minimum Gasteiger partial charge on any atom is -0.370 e. The van der Waals surface area contributed by atoms with Crippen molar-refractivity contribution in [2.24, 2.45) is 0 Å². The summed E-state index contributed by atoms with van der Waals surface area (Å²) in [6.45, 7) is 13.3. The normalized spacial score (nSPS) is 22.7. The summed E-state index contributed by atoms with van der Waals surface area (Å²) in [6, 6.07) is 0.509. The molecule has 0 bridgehead atoms. The molecule has 2 rings (SSSR count). The Morgan fingerprint density at radius 1 is 1.38 bits per heavy atom. The van der Waals surface area contributed by atoms with E-state index in [0.29, 0.717) is 17.2 Å². The highest BCUT2D eigenvalue weighted by Crippen LogP contribution is 2.35. The van der Waals surface area contributed by atoms with Gasteiger partial charge in [-0.1, -0.05) is 27.7 Å². The second-order valence-corrected chi connectivity index (χ2v) is 7.54. The highest BCUT2D eigenvalue weighted by Gasteiger charge is 2.29. The summed E-state index contributed by atoms with van der Waals surface area (Å²) in [7, 11) is 0. The van der Waals surface area contributed by atoms with Crippen LogP contribution in [0.2, 0.25) is 0 Å². The fraction of sp³-hybridized carbons (Fsp3) is 0.750. The van der Waals surface area contributed by atoms with Crippen molar-refractivity contribution < 1.29 is 0 Å². The van der Waals surface area contributed by atoms with Crippen molar-refractivity contribution in [1.82, 2.24) is 9.97 Å². The maximum atomic E-state index is 4.64. The Labute approximate surface area is 133 Å². The van der Waals surface area contributed by atoms with Crippen molar-refractivity contribution in [3.8, 4) is 0 Å². The molecule has 0 amide bonds. The van der Waals surface area contributed by atoms with Crippen LogP contribution in [0, 0.1) is 0 Å². The molecule has 1 aliphatic rings. The van der Waals surface area contributed by atoms with Gasteiger partial charge in [-0.2, -0.15) is 11.8 Å². The molecule has 1 aromatic rings. The lowest BCUT2D eigenvalue weighted by molar-refractivity contribution is 0.613. The summed E-state index contributed by atoms with van der Waals surface area (Å²) in [5.74, 6) is 3.72. The minimum absolute atomic E-state index is 0.414. The molecule has 0 saturated carbocycles. The van der Waals surface area contributed by atoms with Crippen LogP contribution in [0.4, 0.5) is 11.6 Å². The van der Waals surface area contributed by atoms with E-state index in [1.54, 1.807) is 6.33 Å². The van der Waals surface area contributed by atoms with Crippen LogP contribution < -0.4 is 10.2 Å². The number of anilines is 2. The van der Waals surface area contributed by atoms with E-state index in [-0.39, 0.29) is 0 Å². The predicted molar refractivity (Wildman–Crippen MR) is 93.6 cm³/mol. The van der Waals surface area contributed by atoms with E-state index < -0.39 is 0 Å². The van der Waals surface area contributed by atoms with Crippen LogP contribution in [0.3, 0.4) is 0 Å². The molecule has 21 heavy (non-hydrogen) atoms. The molecule has 118 valence electrons. The Bertz CT molecular complexity index is 464. The molecule has 2 heterocycles. The fourth-order valence-electron chi connectivity index (χ4n) is 2.76. The van der Waals surface area contributed by atoms with Crippen LogP contribution in [0.1, 0.15) is 52.5 Å². The van der Waals surface area contributed by atoms with Crippen LogP contribution in [0.15, 0.2) is 6.33 Å². The monoisotopic (exact) mass is 308 g/mol. The molecule has 0 radical (unpaired) electrons. The Morgan fingerprint density at radius 2 is 2.14 bits per heavy atom. The highest BCUT2D eigenvalue weighted by molar-refractivity contribution is 8.00. The van der Waals surface area contributed by atoms with Crippen LogP contribution in [0.5, 0.6) is 0 Å². The molecule has 2 unspecified atom stereocenters. The predicted octanol–water partition coefficient (Wildman–Crippen LogP) is 3.75. The molecule has 4 nitrogen and oxygen atoms in total. The fourth-order valence-corrected chi connectivity index (χ4v) is 3.86. The Kier molecular flexibility index (Phi) is 5.73. The lowest BCUT2D eigenvalue weighted by Gasteiger charge is -2.39. The standard InChI is InChI=1S/C16H28N4S/c1-6-7-17-15-14(11(2)3)16(19-10-18-15)20-8-9-21-13(5)12(20)4/h10-13H,6-9H2,1-5H3,(H,17,18,19). The zero-order valence-corrected chi connectivity index (χ0v) is 14.7. The van der Waals surface area contributed by atoms with Crippen LogP contribution in [-0.2, 0) is 0 Å². The molecule has 0 aromatic carbocycles. The van der Waals surface area contributed by atoms with Crippen molar-refractivity contribution in [1.29, 1.82) is 0 Å². The molecule has 1 N–H and O–H groups in total. The molecule has 0 spiro atoms. The molecule has 1 fully saturated rings. The number of thioether (sulfide) groups is 1. The van der Waals surface area contributed by atoms with Gasteiger partial charge >= 0.3 is 0 Å². The number of rotatable bonds is 5. The van der Waals surface area contributed by atoms with E-state index in [2.05, 4.69) is 66.6 Å². The molecule has 1 saturated heterocycles. The molecule has 1 aromatic heterocycles. The SMILES string of the molecule is CCCNc1ncnc(N2CCSC(C)C2C)c1C(C)C. The van der Waals surface area contributed by atoms with Crippen molar-refractivity contribution >= 4 is 23.4 Å². The first-order valence-corrected chi connectivity index (χ1v) is 9.08. The topological polar surface area (TPSA) is 41.1 Å². The van der Waals surface area contributed by atoms with Crippen LogP contribution in [0.25, 0.3) is 0 Å². The second-order valence-electron chi connectivity index (χ2n) is 6.05. The Morgan fingerprint density at radius 3 is 2.81 bits per heavy atom. The van der Waals surface area contributed by atoms with Crippen LogP contribution >= 0.6 is 11.8 Å². The summed E-state index contributed by atoms with van der Waals surface area (Å²) in [5, 5.41) is 4.11. The molecule has 5 heteroatoms. The highest BCUT2D eigenvalue weighted by atomic mass is 32.2. The number of aromatic nitrogens is 2. The van der Waals surface area contributed by atoms with Gasteiger partial charge in [-0.15, -0.1) is 0 Å². The van der Waals surface area contributed by atoms with E-state index in [0.717, 1.165) is 31.1 Å². The van der Waals surface area contributed by atoms with Crippen molar-refractivity contribution in [2.75, 3.05) is 29.1 Å². The molecular weight excluding hydrogens is 280 g/mol. The van der Waals surface area contributed by atoms with Gasteiger partial charge in [-0.05, 0) is 19.3 Å². The van der Waals surface area contributed by atoms with Gasteiger partial charge < -0.3 is 10.2 Å². The molecule has 1 aliphatic heterocycles. The number of hydrogen-bond donors (Lipinski definition) is 1. The van der Waals surface area contributed by atoms with Crippen LogP contribution in [-0.4, -0.2) is 40.1 Å². The quantitative estimate of drug-likeness (QED) is 0.897. The van der Waals surface area contributed by atoms with Gasteiger partial charge in [0.15, 0.2) is 0 Å². The number of nitrogens with one attached hydrogen (secondary N) is 1. The molecule has 0 aliphatic carbocycles. The average molecular weight is 308 g/mol. The number of hydrogen-bond acceptors (Lipinski definition) is 5. The van der Waals surface area contributed by atoms with E-state index in [1.165, 1.54) is 11.3 Å². The Balaban J connectivity index is 2.37. The van der Waals surface area contributed by atoms with Gasteiger partial charge in [0.05, 0.1) is 0 Å². The summed E-state index contributed by atoms with van der Waals surface area (Å²) in [6.07, 6.45) is 2.81. The molecular formula is C16H28N4S. The van der Waals surface area contributed by atoms with Gasteiger partial charge in [-0.25, -0.2) is 9.97 Å². The van der Waals surface area contributed by atoms with Gasteiger partial charge in [0.2, 0.25) is 0 Å². The summed E-state index contributed by atoms with van der Waals surface area (Å²) in [4.78, 5) is 11.6. The molecule has 2 atom stereocenters. The first-order chi connectivity index (χ1) is 10.1. The zero-order valence-electron chi connectivity index (χ0n) is 13.9. The second kappa shape index (κ2) is 7.34. The lowest BCUT2D eigenvalue weighted by atomic mass is 10.0. The largest absolute Gasteiger partial charge is 0.370 e. The maximum absolute atomic E-state index is 4.64. The summed E-state index contributed by atoms with van der Waals surface area (Å²) < 4.78 is 0. The third-order valence-corrected chi connectivity index (χ3v) is 5.48. The maximum Gasteiger partial charge on any atom is 0.137 e. The van der Waals surface area contributed by atoms with Crippen molar-refractivity contribution in [3.05, 3.63) is 11.9 Å². The lowest BCUT2D eigenvalue weighted by Crippen LogP contribution is -2.45. The Hall–Kier alpha value is -0.970. The van der Waals surface area contributed by atoms with Gasteiger partial charge in [-0.3, -0.25) is 0 Å². The zero-order chi connectivity index (χ0) is 15.4. The third kappa shape index (κ3) is 3.62. The first-order valence-electron chi connectivity index (χ1n) is 8.03. The smallest absolute Gasteiger partial charge is 0.137 e. The van der Waals surface area contributed by atoms with Gasteiger partial charge in [0, 0.05) is 35.7 Å². The first kappa shape index (κ1) is 16.4. The van der Waals surface area contributed by atoms with E-state index in [4.69, 9.17) is 0 Å². The summed E-state index contributed by atoms with van der Waals surface area (Å²) in [5.41, 5.74) is 1.26. The van der Waals surface area contributed by atoms with Gasteiger partial charge in [0.1, 0.15) is 18.0 Å².